The topological polar surface area (TPSA) is 4.93 Å². The molecule has 12 aromatic rings. The maximum atomic E-state index is 2.44. The van der Waals surface area contributed by atoms with Crippen molar-refractivity contribution in [1.29, 1.82) is 0 Å². The molecule has 12 rings (SSSR count). The van der Waals surface area contributed by atoms with Crippen LogP contribution in [0, 0.1) is 0 Å². The number of hydrogen-bond donors (Lipinski definition) is 0. The molecule has 2 aromatic heterocycles. The van der Waals surface area contributed by atoms with Crippen LogP contribution in [0.2, 0.25) is 0 Å². The standard InChI is InChI=1S/C52H31NS/c1-2-14-34(15-3-1)53-47-25-13-12-24-44(47)52-51(53)45-29-27-33(31-48(45)54-52)50-42-22-10-8-20-40(42)49(41-21-9-11-23-43(41)50)32-26-28-39-37-18-5-4-16-35(37)36-17-6-7-19-38(36)46(39)30-32/h1-31H. The number of nitrogens with zero attached hydrogens (tertiary/aromatic N) is 1. The minimum atomic E-state index is 1.19. The summed E-state index contributed by atoms with van der Waals surface area (Å²) in [4.78, 5) is 0. The van der Waals surface area contributed by atoms with Gasteiger partial charge in [0.05, 0.1) is 15.7 Å². The van der Waals surface area contributed by atoms with Crippen LogP contribution >= 0.6 is 11.3 Å². The number of thiophene rings is 1. The quantitative estimate of drug-likeness (QED) is 0.128. The van der Waals surface area contributed by atoms with Crippen LogP contribution in [0.4, 0.5) is 0 Å². The molecule has 10 aromatic carbocycles. The first-order chi connectivity index (χ1) is 26.8. The summed E-state index contributed by atoms with van der Waals surface area (Å²) < 4.78 is 5.08. The molecule has 0 spiro atoms. The Labute approximate surface area is 315 Å². The third-order valence-electron chi connectivity index (χ3n) is 11.5. The summed E-state index contributed by atoms with van der Waals surface area (Å²) in [6.07, 6.45) is 0. The van der Waals surface area contributed by atoms with Gasteiger partial charge in [0.15, 0.2) is 0 Å². The minimum Gasteiger partial charge on any atom is -0.308 e. The third kappa shape index (κ3) is 4.14. The highest BCUT2D eigenvalue weighted by molar-refractivity contribution is 7.26. The van der Waals surface area contributed by atoms with Crippen LogP contribution in [-0.4, -0.2) is 4.57 Å². The summed E-state index contributed by atoms with van der Waals surface area (Å²) in [6.45, 7) is 0. The number of hydrogen-bond acceptors (Lipinski definition) is 1. The van der Waals surface area contributed by atoms with Gasteiger partial charge in [-0.2, -0.15) is 0 Å². The average Bonchev–Trinajstić information content (AvgIpc) is 3.77. The zero-order valence-electron chi connectivity index (χ0n) is 29.3. The molecule has 0 fully saturated rings. The predicted octanol–water partition coefficient (Wildman–Crippen LogP) is 15.1. The SMILES string of the molecule is c1ccc(-n2c3ccccc3c3sc4cc(-c5c6ccccc6c(-c6ccc7c8ccccc8c8ccccc8c7c6)c6ccccc56)ccc4c32)cc1. The van der Waals surface area contributed by atoms with E-state index >= 15 is 0 Å². The lowest BCUT2D eigenvalue weighted by Crippen LogP contribution is -1.93. The number of para-hydroxylation sites is 2. The highest BCUT2D eigenvalue weighted by Gasteiger charge is 2.21. The van der Waals surface area contributed by atoms with Crippen molar-refractivity contribution in [3.63, 3.8) is 0 Å². The Balaban J connectivity index is 1.12. The van der Waals surface area contributed by atoms with E-state index in [1.807, 2.05) is 11.3 Å². The summed E-state index contributed by atoms with van der Waals surface area (Å²) in [5.41, 5.74) is 8.79. The van der Waals surface area contributed by atoms with Gasteiger partial charge in [-0.25, -0.2) is 0 Å². The number of rotatable bonds is 3. The second-order valence-electron chi connectivity index (χ2n) is 14.4. The van der Waals surface area contributed by atoms with Crippen molar-refractivity contribution in [2.45, 2.75) is 0 Å². The van der Waals surface area contributed by atoms with Crippen molar-refractivity contribution < 1.29 is 0 Å². The Morgan fingerprint density at radius 3 is 1.31 bits per heavy atom. The molecule has 0 amide bonds. The molecule has 0 saturated carbocycles. The van der Waals surface area contributed by atoms with E-state index in [1.165, 1.54) is 113 Å². The van der Waals surface area contributed by atoms with Crippen molar-refractivity contribution in [2.75, 3.05) is 0 Å². The number of aromatic nitrogens is 1. The molecule has 0 saturated heterocycles. The predicted molar refractivity (Wildman–Crippen MR) is 235 cm³/mol. The molecule has 54 heavy (non-hydrogen) atoms. The average molecular weight is 702 g/mol. The summed E-state index contributed by atoms with van der Waals surface area (Å²) in [5.74, 6) is 0. The number of fused-ring (bicyclic) bond motifs is 13. The molecule has 0 unspecified atom stereocenters. The van der Waals surface area contributed by atoms with E-state index in [9.17, 15) is 0 Å². The molecule has 2 heterocycles. The maximum Gasteiger partial charge on any atom is 0.0727 e. The Bertz CT molecular complexity index is 3400. The lowest BCUT2D eigenvalue weighted by molar-refractivity contribution is 1.19. The Kier molecular flexibility index (Phi) is 6.28. The Hall–Kier alpha value is -6.74. The molecule has 0 aliphatic heterocycles. The molecule has 250 valence electrons. The van der Waals surface area contributed by atoms with Gasteiger partial charge in [0, 0.05) is 21.2 Å². The van der Waals surface area contributed by atoms with Crippen LogP contribution in [-0.2, 0) is 0 Å². The van der Waals surface area contributed by atoms with Gasteiger partial charge < -0.3 is 4.57 Å². The lowest BCUT2D eigenvalue weighted by Gasteiger charge is -2.19. The van der Waals surface area contributed by atoms with Crippen molar-refractivity contribution in [3.05, 3.63) is 188 Å². The van der Waals surface area contributed by atoms with Crippen LogP contribution in [0.1, 0.15) is 0 Å². The van der Waals surface area contributed by atoms with Crippen LogP contribution in [0.25, 0.3) is 113 Å². The highest BCUT2D eigenvalue weighted by atomic mass is 32.1. The van der Waals surface area contributed by atoms with Gasteiger partial charge >= 0.3 is 0 Å². The van der Waals surface area contributed by atoms with Crippen LogP contribution in [0.5, 0.6) is 0 Å². The van der Waals surface area contributed by atoms with Crippen LogP contribution < -0.4 is 0 Å². The molecule has 2 heteroatoms. The summed E-state index contributed by atoms with van der Waals surface area (Å²) in [5, 5.41) is 15.5. The molecular formula is C52H31NS. The van der Waals surface area contributed by atoms with E-state index in [0.717, 1.165) is 0 Å². The van der Waals surface area contributed by atoms with Crippen molar-refractivity contribution in [2.24, 2.45) is 0 Å². The van der Waals surface area contributed by atoms with E-state index in [2.05, 4.69) is 193 Å². The largest absolute Gasteiger partial charge is 0.308 e. The van der Waals surface area contributed by atoms with E-state index in [4.69, 9.17) is 0 Å². The van der Waals surface area contributed by atoms with Gasteiger partial charge in [-0.05, 0) is 106 Å². The summed E-state index contributed by atoms with van der Waals surface area (Å²) >= 11 is 1.91. The van der Waals surface area contributed by atoms with Gasteiger partial charge in [0.25, 0.3) is 0 Å². The Morgan fingerprint density at radius 2 is 0.741 bits per heavy atom. The van der Waals surface area contributed by atoms with Gasteiger partial charge in [0.1, 0.15) is 0 Å². The smallest absolute Gasteiger partial charge is 0.0727 e. The third-order valence-corrected chi connectivity index (χ3v) is 12.7. The van der Waals surface area contributed by atoms with E-state index in [0.29, 0.717) is 0 Å². The summed E-state index contributed by atoms with van der Waals surface area (Å²) in [6, 6.07) is 69.6. The van der Waals surface area contributed by atoms with Gasteiger partial charge in [0.2, 0.25) is 0 Å². The molecule has 0 aliphatic carbocycles. The van der Waals surface area contributed by atoms with Crippen molar-refractivity contribution >= 4 is 96.4 Å². The van der Waals surface area contributed by atoms with Gasteiger partial charge in [-0.3, -0.25) is 0 Å². The summed E-state index contributed by atoms with van der Waals surface area (Å²) in [7, 11) is 0. The monoisotopic (exact) mass is 701 g/mol. The molecule has 0 atom stereocenters. The first kappa shape index (κ1) is 29.8. The van der Waals surface area contributed by atoms with Crippen molar-refractivity contribution in [3.8, 4) is 27.9 Å². The van der Waals surface area contributed by atoms with E-state index in [1.54, 1.807) is 0 Å². The first-order valence-corrected chi connectivity index (χ1v) is 19.4. The molecule has 0 aliphatic rings. The maximum absolute atomic E-state index is 2.44. The molecule has 0 radical (unpaired) electrons. The molecule has 0 N–H and O–H groups in total. The normalized spacial score (nSPS) is 12.1. The van der Waals surface area contributed by atoms with Gasteiger partial charge in [-0.15, -0.1) is 11.3 Å². The second kappa shape index (κ2) is 11.4. The molecular weight excluding hydrogens is 671 g/mol. The fraction of sp³-hybridized carbons (Fsp3) is 0. The van der Waals surface area contributed by atoms with Crippen LogP contribution in [0.3, 0.4) is 0 Å². The van der Waals surface area contributed by atoms with Gasteiger partial charge in [-0.1, -0.05) is 158 Å². The van der Waals surface area contributed by atoms with E-state index in [-0.39, 0.29) is 0 Å². The first-order valence-electron chi connectivity index (χ1n) is 18.6. The van der Waals surface area contributed by atoms with Crippen molar-refractivity contribution in [1.82, 2.24) is 4.57 Å². The minimum absolute atomic E-state index is 1.19. The molecule has 1 nitrogen and oxygen atoms in total. The van der Waals surface area contributed by atoms with E-state index < -0.39 is 0 Å². The van der Waals surface area contributed by atoms with Crippen LogP contribution in [0.15, 0.2) is 188 Å². The zero-order chi connectivity index (χ0) is 35.3. The Morgan fingerprint density at radius 1 is 0.315 bits per heavy atom. The fourth-order valence-electron chi connectivity index (χ4n) is 9.28. The number of benzene rings is 10. The highest BCUT2D eigenvalue weighted by Crippen LogP contribution is 2.48. The zero-order valence-corrected chi connectivity index (χ0v) is 30.1. The fourth-order valence-corrected chi connectivity index (χ4v) is 10.5. The molecule has 0 bridgehead atoms. The lowest BCUT2D eigenvalue weighted by atomic mass is 9.85. The second-order valence-corrected chi connectivity index (χ2v) is 15.4.